The average molecular weight is 1580 g/mol. The molecule has 2 aliphatic heterocycles. The van der Waals surface area contributed by atoms with E-state index in [1.165, 1.54) is 46.8 Å². The molecule has 3 N–H and O–H groups in total. The van der Waals surface area contributed by atoms with Crippen LogP contribution in [-0.4, -0.2) is 93.7 Å². The number of carboxylic acids is 1. The van der Waals surface area contributed by atoms with Crippen molar-refractivity contribution in [2.45, 2.75) is 200 Å². The lowest BCUT2D eigenvalue weighted by Gasteiger charge is -2.31. The molecule has 110 heavy (non-hydrogen) atoms. The lowest BCUT2D eigenvalue weighted by Crippen LogP contribution is -2.41. The zero-order valence-corrected chi connectivity index (χ0v) is 61.6. The molecule has 0 bridgehead atoms. The van der Waals surface area contributed by atoms with Gasteiger partial charge in [-0.25, -0.2) is 26.3 Å². The SMILES string of the molecule is CCOC(=O)C[C@H](NC(=O)C(CC(C)C)n1cc(CCN2CCC2)c(C(F)(F)F)cc1=O)c1c(F)c(-c2c(C)cc(C3CC3)c(F)c2C)cc(C(F)(F)F)c1F.Cc1cc(C2CC2)c(F)c(C)c1-c1cc(C(F)(F)F)c(F)c([C@H](CC(=O)O)NC(=O)C(CC(C)C)n2cc(CCN3CCC3)c(C(F)(F)F)cc2=O)c1F. The van der Waals surface area contributed by atoms with Crippen LogP contribution in [0.25, 0.3) is 22.3 Å². The number of likely N-dealkylation sites (tertiary alicyclic amines) is 2. The molecule has 4 atom stereocenters. The zero-order chi connectivity index (χ0) is 81.5. The second kappa shape index (κ2) is 33.7. The van der Waals surface area contributed by atoms with Crippen molar-refractivity contribution in [1.29, 1.82) is 0 Å². The Morgan fingerprint density at radius 3 is 1.14 bits per heavy atom. The van der Waals surface area contributed by atoms with E-state index in [4.69, 9.17) is 4.74 Å². The highest BCUT2D eigenvalue weighted by molar-refractivity contribution is 5.84. The van der Waals surface area contributed by atoms with E-state index in [9.17, 15) is 86.6 Å². The van der Waals surface area contributed by atoms with Gasteiger partial charge in [-0.3, -0.25) is 28.8 Å². The molecule has 2 unspecified atom stereocenters. The largest absolute Gasteiger partial charge is 0.481 e. The molecule has 6 aromatic rings. The van der Waals surface area contributed by atoms with E-state index in [-0.39, 0.29) is 114 Å². The maximum Gasteiger partial charge on any atom is 0.419 e. The van der Waals surface area contributed by atoms with Gasteiger partial charge < -0.3 is 39.4 Å². The number of nitrogens with one attached hydrogen (secondary N) is 2. The second-order valence-electron chi connectivity index (χ2n) is 29.6. The van der Waals surface area contributed by atoms with Gasteiger partial charge in [0.25, 0.3) is 11.1 Å². The molecule has 600 valence electrons. The summed E-state index contributed by atoms with van der Waals surface area (Å²) < 4.78 is 274. The summed E-state index contributed by atoms with van der Waals surface area (Å²) in [5.41, 5.74) is -14.1. The van der Waals surface area contributed by atoms with Crippen LogP contribution >= 0.6 is 0 Å². The van der Waals surface area contributed by atoms with Crippen molar-refractivity contribution in [2.24, 2.45) is 11.8 Å². The summed E-state index contributed by atoms with van der Waals surface area (Å²) in [7, 11) is 0. The maximum absolute atomic E-state index is 16.9. The van der Waals surface area contributed by atoms with Gasteiger partial charge >= 0.3 is 36.6 Å². The normalized spacial score (nSPS) is 16.2. The van der Waals surface area contributed by atoms with Crippen LogP contribution in [0, 0.1) is 74.4 Å². The first-order valence-electron chi connectivity index (χ1n) is 36.1. The minimum absolute atomic E-state index is 0.113. The standard InChI is InChI=1S/C40H44F9N3O4.C38H40F9N3O4/c1-6-56-32(54)18-29(34-36(42)26(16-28(37(34)43)40(47,48)49)33-21(4)15-25(23-8-9-23)35(41)22(33)5)50-38(55)30(14-20(2)3)52-19-24(10-13-51-11-7-12-51)27(17-31(52)53)39(44,45)46;1-18(2)12-28(50-17-22(8-11-49-9-5-10-49)25(15-29(50)51)37(42,43)44)36(54)48-27(16-30(52)53)32-34(40)24(14-26(35(32)41)38(45,46)47)31-19(3)13-23(21-6-7-21)33(39)20(31)4/h15-17,19-20,23,29-30H,6-14,18H2,1-5H3,(H,50,55);13-15,17-18,21,27-28H,5-12,16H2,1-4H3,(H,48,54)(H,52,53)/t29-,30?;27-,28?/m00/s1. The summed E-state index contributed by atoms with van der Waals surface area (Å²) in [4.78, 5) is 83.5. The topological polar surface area (TPSA) is 172 Å². The molecule has 4 heterocycles. The summed E-state index contributed by atoms with van der Waals surface area (Å²) >= 11 is 0. The molecule has 32 heteroatoms. The number of esters is 1. The van der Waals surface area contributed by atoms with Gasteiger partial charge in [0.1, 0.15) is 47.0 Å². The number of carbonyl (C=O) groups is 4. The second-order valence-corrected chi connectivity index (χ2v) is 29.6. The van der Waals surface area contributed by atoms with Crippen LogP contribution < -0.4 is 21.8 Å². The fraction of sp³-hybridized carbons (Fsp3) is 0.513. The zero-order valence-electron chi connectivity index (χ0n) is 61.6. The van der Waals surface area contributed by atoms with E-state index in [0.29, 0.717) is 75.1 Å². The van der Waals surface area contributed by atoms with Gasteiger partial charge in [0, 0.05) is 59.9 Å². The average Bonchev–Trinajstić information content (AvgIpc) is 1.46. The number of pyridine rings is 2. The molecular formula is C78H84F18N6O8. The van der Waals surface area contributed by atoms with Gasteiger partial charge in [-0.1, -0.05) is 39.8 Å². The molecule has 4 aromatic carbocycles. The molecule has 0 spiro atoms. The Balaban J connectivity index is 0.000000253. The summed E-state index contributed by atoms with van der Waals surface area (Å²) in [5, 5.41) is 14.1. The Bertz CT molecular complexity index is 4600. The molecule has 2 aromatic heterocycles. The predicted molar refractivity (Wildman–Crippen MR) is 370 cm³/mol. The number of aryl methyl sites for hydroxylation is 2. The van der Waals surface area contributed by atoms with Crippen LogP contribution in [0.5, 0.6) is 0 Å². The Labute approximate surface area is 621 Å². The van der Waals surface area contributed by atoms with Crippen molar-refractivity contribution >= 4 is 23.8 Å². The monoisotopic (exact) mass is 1570 g/mol. The lowest BCUT2D eigenvalue weighted by molar-refractivity contribution is -0.144. The number of nitrogens with zero attached hydrogens (tertiary/aromatic N) is 4. The van der Waals surface area contributed by atoms with E-state index in [1.807, 2.05) is 9.80 Å². The molecule has 4 fully saturated rings. The molecule has 2 amide bonds. The highest BCUT2D eigenvalue weighted by Crippen LogP contribution is 2.50. The Morgan fingerprint density at radius 1 is 0.500 bits per heavy atom. The summed E-state index contributed by atoms with van der Waals surface area (Å²) in [6.07, 6.45) is -17.7. The molecule has 4 aliphatic rings. The van der Waals surface area contributed by atoms with Crippen molar-refractivity contribution in [2.75, 3.05) is 45.9 Å². The summed E-state index contributed by atoms with van der Waals surface area (Å²) in [5.74, 6) is -15.8. The van der Waals surface area contributed by atoms with Crippen LogP contribution in [0.1, 0.15) is 213 Å². The maximum atomic E-state index is 16.9. The predicted octanol–water partition coefficient (Wildman–Crippen LogP) is 17.7. The smallest absolute Gasteiger partial charge is 0.419 e. The van der Waals surface area contributed by atoms with Crippen LogP contribution in [0.15, 0.2) is 58.4 Å². The fourth-order valence-electron chi connectivity index (χ4n) is 14.4. The van der Waals surface area contributed by atoms with Gasteiger partial charge in [0.2, 0.25) is 11.8 Å². The van der Waals surface area contributed by atoms with Gasteiger partial charge in [-0.05, 0) is 216 Å². The molecule has 14 nitrogen and oxygen atoms in total. The number of hydrogen-bond donors (Lipinski definition) is 3. The van der Waals surface area contributed by atoms with E-state index >= 15 is 26.3 Å². The molecule has 0 radical (unpaired) electrons. The number of aliphatic carboxylic acids is 1. The Hall–Kier alpha value is -8.68. The van der Waals surface area contributed by atoms with Crippen molar-refractivity contribution in [3.63, 3.8) is 0 Å². The quantitative estimate of drug-likeness (QED) is 0.0333. The number of amides is 2. The third-order valence-electron chi connectivity index (χ3n) is 20.4. The van der Waals surface area contributed by atoms with Crippen molar-refractivity contribution in [3.05, 3.63) is 182 Å². The Kier molecular flexibility index (Phi) is 26.2. The molecule has 10 rings (SSSR count). The highest BCUT2D eigenvalue weighted by atomic mass is 19.4. The number of aromatic nitrogens is 2. The van der Waals surface area contributed by atoms with Crippen molar-refractivity contribution in [1.82, 2.24) is 29.6 Å². The molecule has 2 aliphatic carbocycles. The first-order valence-corrected chi connectivity index (χ1v) is 36.1. The summed E-state index contributed by atoms with van der Waals surface area (Å²) in [6.45, 7) is 16.1. The number of benzene rings is 4. The third kappa shape index (κ3) is 19.4. The third-order valence-corrected chi connectivity index (χ3v) is 20.4. The number of carbonyl (C=O) groups excluding carboxylic acids is 3. The molecular weight excluding hydrogens is 1490 g/mol. The van der Waals surface area contributed by atoms with Gasteiger partial charge in [0.05, 0.1) is 53.8 Å². The van der Waals surface area contributed by atoms with E-state index < -0.39 is 188 Å². The number of rotatable bonds is 27. The lowest BCUT2D eigenvalue weighted by atomic mass is 9.87. The number of carboxylic acid groups (broad SMARTS) is 1. The summed E-state index contributed by atoms with van der Waals surface area (Å²) in [6, 6.07) is -3.97. The minimum atomic E-state index is -5.46. The number of halogens is 18. The molecule has 2 saturated heterocycles. The van der Waals surface area contributed by atoms with E-state index in [2.05, 4.69) is 10.6 Å². The molecule has 2 saturated carbocycles. The minimum Gasteiger partial charge on any atom is -0.481 e. The Morgan fingerprint density at radius 2 is 0.845 bits per heavy atom. The van der Waals surface area contributed by atoms with Crippen LogP contribution in [-0.2, 0) is 61.5 Å². The van der Waals surface area contributed by atoms with E-state index in [1.54, 1.807) is 27.7 Å². The number of hydrogen-bond acceptors (Lipinski definition) is 9. The van der Waals surface area contributed by atoms with Gasteiger partial charge in [-0.15, -0.1) is 0 Å². The van der Waals surface area contributed by atoms with Gasteiger partial charge in [0.15, 0.2) is 0 Å². The number of alkyl halides is 12. The highest BCUT2D eigenvalue weighted by Gasteiger charge is 2.45. The van der Waals surface area contributed by atoms with Gasteiger partial charge in [-0.2, -0.15) is 52.7 Å². The van der Waals surface area contributed by atoms with Crippen LogP contribution in [0.4, 0.5) is 79.0 Å². The van der Waals surface area contributed by atoms with Crippen LogP contribution in [0.3, 0.4) is 0 Å². The first-order chi connectivity index (χ1) is 51.2. The van der Waals surface area contributed by atoms with E-state index in [0.717, 1.165) is 34.4 Å². The number of ether oxygens (including phenoxy) is 1. The first kappa shape index (κ1) is 85.3. The van der Waals surface area contributed by atoms with Crippen molar-refractivity contribution < 1.29 is 108 Å². The fourth-order valence-corrected chi connectivity index (χ4v) is 14.4. The van der Waals surface area contributed by atoms with Crippen LogP contribution in [0.2, 0.25) is 0 Å². The van der Waals surface area contributed by atoms with Crippen molar-refractivity contribution in [3.8, 4) is 22.3 Å².